The Bertz CT molecular complexity index is 228. The van der Waals surface area contributed by atoms with E-state index in [1.54, 1.807) is 0 Å². The van der Waals surface area contributed by atoms with Gasteiger partial charge in [0.25, 0.3) is 0 Å². The van der Waals surface area contributed by atoms with Crippen molar-refractivity contribution in [1.29, 1.82) is 0 Å². The van der Waals surface area contributed by atoms with Crippen LogP contribution in [0, 0.1) is 0 Å². The van der Waals surface area contributed by atoms with Crippen LogP contribution in [-0.2, 0) is 14.3 Å². The normalized spacial score (nSPS) is 14.4. The molecule has 4 heteroatoms. The number of hydrogen-bond donors (Lipinski definition) is 1. The second-order valence-corrected chi connectivity index (χ2v) is 3.77. The summed E-state index contributed by atoms with van der Waals surface area (Å²) in [5.74, 6) is -0.920. The van der Waals surface area contributed by atoms with Crippen molar-refractivity contribution in [2.45, 2.75) is 52.0 Å². The lowest BCUT2D eigenvalue weighted by molar-refractivity contribution is -0.154. The Labute approximate surface area is 91.2 Å². The fourth-order valence-electron chi connectivity index (χ4n) is 1.25. The molecule has 0 saturated heterocycles. The summed E-state index contributed by atoms with van der Waals surface area (Å²) in [6, 6.07) is 0. The number of hydrogen-bond acceptors (Lipinski definition) is 4. The lowest BCUT2D eigenvalue weighted by Gasteiger charge is -2.23. The van der Waals surface area contributed by atoms with Crippen molar-refractivity contribution in [2.75, 3.05) is 6.61 Å². The van der Waals surface area contributed by atoms with Crippen molar-refractivity contribution >= 4 is 11.8 Å². The van der Waals surface area contributed by atoms with Crippen LogP contribution < -0.4 is 5.73 Å². The van der Waals surface area contributed by atoms with Gasteiger partial charge >= 0.3 is 5.97 Å². The molecule has 0 aliphatic heterocycles. The Morgan fingerprint density at radius 1 is 1.27 bits per heavy atom. The number of Topliss-reactive ketones (excluding diaryl/α,β-unsaturated/α-hetero) is 1. The second-order valence-electron chi connectivity index (χ2n) is 3.77. The Morgan fingerprint density at radius 2 is 1.87 bits per heavy atom. The van der Waals surface area contributed by atoms with Crippen LogP contribution in [0.3, 0.4) is 0 Å². The smallest absolute Gasteiger partial charge is 0.333 e. The van der Waals surface area contributed by atoms with Gasteiger partial charge in [0.1, 0.15) is 0 Å². The van der Waals surface area contributed by atoms with E-state index in [1.807, 2.05) is 13.8 Å². The highest BCUT2D eigenvalue weighted by Gasteiger charge is 2.39. The maximum Gasteiger partial charge on any atom is 0.333 e. The minimum Gasteiger partial charge on any atom is -0.464 e. The van der Waals surface area contributed by atoms with Crippen molar-refractivity contribution in [2.24, 2.45) is 5.73 Å². The fraction of sp³-hybridized carbons (Fsp3) is 0.818. The summed E-state index contributed by atoms with van der Waals surface area (Å²) in [7, 11) is 0. The molecule has 0 amide bonds. The zero-order valence-corrected chi connectivity index (χ0v) is 9.84. The molecule has 0 aliphatic rings. The molecule has 0 heterocycles. The number of carbonyl (C=O) groups is 2. The highest BCUT2D eigenvalue weighted by atomic mass is 16.5. The first-order chi connectivity index (χ1) is 6.99. The molecule has 0 aromatic rings. The van der Waals surface area contributed by atoms with E-state index < -0.39 is 11.5 Å². The highest BCUT2D eigenvalue weighted by Crippen LogP contribution is 2.13. The van der Waals surface area contributed by atoms with E-state index in [9.17, 15) is 9.59 Å². The third-order valence-corrected chi connectivity index (χ3v) is 2.37. The van der Waals surface area contributed by atoms with E-state index in [-0.39, 0.29) is 5.78 Å². The molecule has 0 aromatic carbocycles. The minimum atomic E-state index is -1.44. The van der Waals surface area contributed by atoms with Gasteiger partial charge in [0.15, 0.2) is 11.3 Å². The Hall–Kier alpha value is -0.900. The van der Waals surface area contributed by atoms with Crippen molar-refractivity contribution in [3.8, 4) is 0 Å². The van der Waals surface area contributed by atoms with Crippen LogP contribution in [-0.4, -0.2) is 23.9 Å². The van der Waals surface area contributed by atoms with Crippen LogP contribution >= 0.6 is 0 Å². The van der Waals surface area contributed by atoms with Gasteiger partial charge in [0, 0.05) is 0 Å². The molecule has 0 rings (SSSR count). The first kappa shape index (κ1) is 14.1. The number of unbranched alkanes of at least 4 members (excludes halogenated alkanes) is 1. The maximum atomic E-state index is 11.6. The van der Waals surface area contributed by atoms with Gasteiger partial charge < -0.3 is 10.5 Å². The van der Waals surface area contributed by atoms with Gasteiger partial charge in [-0.1, -0.05) is 26.7 Å². The number of esters is 1. The summed E-state index contributed by atoms with van der Waals surface area (Å²) in [5, 5.41) is 0. The van der Waals surface area contributed by atoms with E-state index in [0.29, 0.717) is 19.4 Å². The van der Waals surface area contributed by atoms with Crippen molar-refractivity contribution in [3.63, 3.8) is 0 Å². The molecule has 4 nitrogen and oxygen atoms in total. The minimum absolute atomic E-state index is 0.328. The molecular weight excluding hydrogens is 194 g/mol. The number of nitrogens with two attached hydrogens (primary N) is 1. The van der Waals surface area contributed by atoms with Crippen LogP contribution in [0.25, 0.3) is 0 Å². The topological polar surface area (TPSA) is 69.4 Å². The van der Waals surface area contributed by atoms with E-state index in [0.717, 1.165) is 12.8 Å². The third-order valence-electron chi connectivity index (χ3n) is 2.37. The zero-order chi connectivity index (χ0) is 11.9. The quantitative estimate of drug-likeness (QED) is 0.396. The molecule has 15 heavy (non-hydrogen) atoms. The van der Waals surface area contributed by atoms with Crippen LogP contribution in [0.4, 0.5) is 0 Å². The first-order valence-electron chi connectivity index (χ1n) is 5.46. The maximum absolute atomic E-state index is 11.6. The van der Waals surface area contributed by atoms with Crippen molar-refractivity contribution in [1.82, 2.24) is 0 Å². The van der Waals surface area contributed by atoms with Gasteiger partial charge in [-0.05, 0) is 19.8 Å². The van der Waals surface area contributed by atoms with E-state index in [2.05, 4.69) is 0 Å². The van der Waals surface area contributed by atoms with Crippen LogP contribution in [0.15, 0.2) is 0 Å². The van der Waals surface area contributed by atoms with Gasteiger partial charge in [-0.25, -0.2) is 4.79 Å². The summed E-state index contributed by atoms with van der Waals surface area (Å²) < 4.78 is 4.98. The molecule has 0 aliphatic carbocycles. The Kier molecular flexibility index (Phi) is 6.17. The summed E-state index contributed by atoms with van der Waals surface area (Å²) >= 11 is 0. The van der Waals surface area contributed by atoms with Gasteiger partial charge in [-0.15, -0.1) is 0 Å². The SMILES string of the molecule is CCCCOC(=O)C(N)(CCC)C(C)=O. The van der Waals surface area contributed by atoms with E-state index in [4.69, 9.17) is 10.5 Å². The van der Waals surface area contributed by atoms with Crippen molar-refractivity contribution < 1.29 is 14.3 Å². The average Bonchev–Trinajstić information content (AvgIpc) is 2.18. The number of carbonyl (C=O) groups excluding carboxylic acids is 2. The Balaban J connectivity index is 4.36. The lowest BCUT2D eigenvalue weighted by atomic mass is 9.91. The predicted octanol–water partition coefficient (Wildman–Crippen LogP) is 1.42. The monoisotopic (exact) mass is 215 g/mol. The molecule has 0 aromatic heterocycles. The van der Waals surface area contributed by atoms with Crippen LogP contribution in [0.5, 0.6) is 0 Å². The molecule has 0 radical (unpaired) electrons. The van der Waals surface area contributed by atoms with Crippen LogP contribution in [0.2, 0.25) is 0 Å². The summed E-state index contributed by atoms with van der Waals surface area (Å²) in [5.41, 5.74) is 4.31. The second kappa shape index (κ2) is 6.56. The lowest BCUT2D eigenvalue weighted by Crippen LogP contribution is -2.54. The zero-order valence-electron chi connectivity index (χ0n) is 9.84. The summed E-state index contributed by atoms with van der Waals surface area (Å²) in [6.07, 6.45) is 2.76. The van der Waals surface area contributed by atoms with Gasteiger partial charge in [0.05, 0.1) is 6.61 Å². The molecular formula is C11H21NO3. The molecule has 1 atom stereocenters. The summed E-state index contributed by atoms with van der Waals surface area (Å²) in [4.78, 5) is 22.9. The number of rotatable bonds is 7. The molecule has 0 spiro atoms. The standard InChI is InChI=1S/C11H21NO3/c1-4-6-8-15-10(14)11(12,7-5-2)9(3)13/h4-8,12H2,1-3H3. The summed E-state index contributed by atoms with van der Waals surface area (Å²) in [6.45, 7) is 5.55. The highest BCUT2D eigenvalue weighted by molar-refractivity contribution is 6.07. The largest absolute Gasteiger partial charge is 0.464 e. The van der Waals surface area contributed by atoms with Crippen molar-refractivity contribution in [3.05, 3.63) is 0 Å². The Morgan fingerprint density at radius 3 is 2.27 bits per heavy atom. The third kappa shape index (κ3) is 4.00. The van der Waals surface area contributed by atoms with Crippen LogP contribution in [0.1, 0.15) is 46.5 Å². The van der Waals surface area contributed by atoms with E-state index in [1.165, 1.54) is 6.92 Å². The molecule has 0 saturated carbocycles. The van der Waals surface area contributed by atoms with E-state index >= 15 is 0 Å². The molecule has 88 valence electrons. The first-order valence-corrected chi connectivity index (χ1v) is 5.46. The average molecular weight is 215 g/mol. The molecule has 0 bridgehead atoms. The van der Waals surface area contributed by atoms with Gasteiger partial charge in [-0.2, -0.15) is 0 Å². The van der Waals surface area contributed by atoms with Gasteiger partial charge in [-0.3, -0.25) is 4.79 Å². The fourth-order valence-corrected chi connectivity index (χ4v) is 1.25. The molecule has 2 N–H and O–H groups in total. The molecule has 1 unspecified atom stereocenters. The number of ether oxygens (including phenoxy) is 1. The van der Waals surface area contributed by atoms with Gasteiger partial charge in [0.2, 0.25) is 0 Å². The molecule has 0 fully saturated rings. The number of ketones is 1. The predicted molar refractivity (Wildman–Crippen MR) is 58.4 cm³/mol.